The van der Waals surface area contributed by atoms with Crippen molar-refractivity contribution in [3.63, 3.8) is 0 Å². The van der Waals surface area contributed by atoms with E-state index in [9.17, 15) is 0 Å². The maximum Gasteiger partial charge on any atom is 0.0268 e. The van der Waals surface area contributed by atoms with Crippen LogP contribution in [0.25, 0.3) is 0 Å². The molecule has 2 heteroatoms. The number of rotatable bonds is 5. The SMILES string of the molecule is C/C=C(\Br)CNCCCC. The van der Waals surface area contributed by atoms with E-state index in [1.807, 2.05) is 6.92 Å². The van der Waals surface area contributed by atoms with Crippen LogP contribution >= 0.6 is 15.9 Å². The van der Waals surface area contributed by atoms with E-state index >= 15 is 0 Å². The number of hydrogen-bond acceptors (Lipinski definition) is 1. The fourth-order valence-corrected chi connectivity index (χ4v) is 0.810. The van der Waals surface area contributed by atoms with Crippen LogP contribution in [0.2, 0.25) is 0 Å². The Kier molecular flexibility index (Phi) is 7.42. The van der Waals surface area contributed by atoms with Gasteiger partial charge >= 0.3 is 0 Å². The smallest absolute Gasteiger partial charge is 0.0268 e. The molecular weight excluding hydrogens is 190 g/mol. The first-order valence-corrected chi connectivity index (χ1v) is 4.62. The molecule has 10 heavy (non-hydrogen) atoms. The summed E-state index contributed by atoms with van der Waals surface area (Å²) in [6, 6.07) is 0. The molecule has 0 aliphatic carbocycles. The Bertz CT molecular complexity index is 99.4. The van der Waals surface area contributed by atoms with E-state index in [0.29, 0.717) is 0 Å². The highest BCUT2D eigenvalue weighted by Crippen LogP contribution is 2.00. The van der Waals surface area contributed by atoms with Gasteiger partial charge in [0.1, 0.15) is 0 Å². The third-order valence-corrected chi connectivity index (χ3v) is 2.05. The van der Waals surface area contributed by atoms with Crippen molar-refractivity contribution in [3.8, 4) is 0 Å². The molecule has 0 rings (SSSR count). The van der Waals surface area contributed by atoms with E-state index in [2.05, 4.69) is 34.2 Å². The third kappa shape index (κ3) is 6.30. The zero-order chi connectivity index (χ0) is 7.82. The second-order valence-electron chi connectivity index (χ2n) is 2.27. The minimum atomic E-state index is 0.969. The molecule has 0 spiro atoms. The van der Waals surface area contributed by atoms with Crippen molar-refractivity contribution in [2.75, 3.05) is 13.1 Å². The van der Waals surface area contributed by atoms with Crippen LogP contribution in [0, 0.1) is 0 Å². The van der Waals surface area contributed by atoms with Crippen LogP contribution in [-0.4, -0.2) is 13.1 Å². The molecule has 0 aromatic rings. The lowest BCUT2D eigenvalue weighted by Crippen LogP contribution is -2.16. The number of unbranched alkanes of at least 4 members (excludes halogenated alkanes) is 1. The van der Waals surface area contributed by atoms with Gasteiger partial charge in [-0.3, -0.25) is 0 Å². The van der Waals surface area contributed by atoms with Gasteiger partial charge in [-0.15, -0.1) is 0 Å². The van der Waals surface area contributed by atoms with Gasteiger partial charge in [0.25, 0.3) is 0 Å². The largest absolute Gasteiger partial charge is 0.312 e. The van der Waals surface area contributed by atoms with Gasteiger partial charge < -0.3 is 5.32 Å². The second-order valence-corrected chi connectivity index (χ2v) is 3.28. The molecule has 0 atom stereocenters. The molecule has 1 N–H and O–H groups in total. The summed E-state index contributed by atoms with van der Waals surface area (Å²) in [6.07, 6.45) is 4.60. The fraction of sp³-hybridized carbons (Fsp3) is 0.750. The van der Waals surface area contributed by atoms with Crippen LogP contribution in [0.15, 0.2) is 10.6 Å². The summed E-state index contributed by atoms with van der Waals surface area (Å²) >= 11 is 3.43. The van der Waals surface area contributed by atoms with Crippen molar-refractivity contribution in [1.82, 2.24) is 5.32 Å². The summed E-state index contributed by atoms with van der Waals surface area (Å²) in [5.74, 6) is 0. The molecule has 1 nitrogen and oxygen atoms in total. The normalized spacial score (nSPS) is 12.1. The van der Waals surface area contributed by atoms with Gasteiger partial charge in [0, 0.05) is 11.0 Å². The van der Waals surface area contributed by atoms with Crippen LogP contribution in [-0.2, 0) is 0 Å². The summed E-state index contributed by atoms with van der Waals surface area (Å²) in [5.41, 5.74) is 0. The van der Waals surface area contributed by atoms with Gasteiger partial charge in [-0.05, 0) is 19.9 Å². The molecule has 0 aromatic heterocycles. The number of halogens is 1. The molecule has 0 fully saturated rings. The highest BCUT2D eigenvalue weighted by atomic mass is 79.9. The molecule has 0 radical (unpaired) electrons. The Balaban J connectivity index is 3.04. The molecule has 0 amide bonds. The monoisotopic (exact) mass is 205 g/mol. The molecule has 0 aliphatic heterocycles. The Hall–Kier alpha value is 0.180. The van der Waals surface area contributed by atoms with Gasteiger partial charge in [-0.1, -0.05) is 35.4 Å². The summed E-state index contributed by atoms with van der Waals surface area (Å²) in [6.45, 7) is 6.33. The van der Waals surface area contributed by atoms with Crippen molar-refractivity contribution in [2.45, 2.75) is 26.7 Å². The molecule has 0 bridgehead atoms. The summed E-state index contributed by atoms with van der Waals surface area (Å²) in [5, 5.41) is 3.32. The number of nitrogens with one attached hydrogen (secondary N) is 1. The van der Waals surface area contributed by atoms with Crippen molar-refractivity contribution in [1.29, 1.82) is 0 Å². The minimum Gasteiger partial charge on any atom is -0.312 e. The molecule has 0 saturated heterocycles. The van der Waals surface area contributed by atoms with Gasteiger partial charge in [-0.25, -0.2) is 0 Å². The van der Waals surface area contributed by atoms with Crippen LogP contribution in [0.5, 0.6) is 0 Å². The Morgan fingerprint density at radius 1 is 1.60 bits per heavy atom. The zero-order valence-corrected chi connectivity index (χ0v) is 8.37. The van der Waals surface area contributed by atoms with Crippen LogP contribution in [0.1, 0.15) is 26.7 Å². The summed E-state index contributed by atoms with van der Waals surface area (Å²) in [4.78, 5) is 0. The Labute approximate surface area is 72.0 Å². The highest BCUT2D eigenvalue weighted by Gasteiger charge is 1.87. The first kappa shape index (κ1) is 10.2. The average molecular weight is 206 g/mol. The van der Waals surface area contributed by atoms with E-state index in [-0.39, 0.29) is 0 Å². The zero-order valence-electron chi connectivity index (χ0n) is 6.78. The number of hydrogen-bond donors (Lipinski definition) is 1. The topological polar surface area (TPSA) is 12.0 Å². The lowest BCUT2D eigenvalue weighted by molar-refractivity contribution is 0.679. The van der Waals surface area contributed by atoms with Gasteiger partial charge in [0.15, 0.2) is 0 Å². The molecule has 0 aromatic carbocycles. The van der Waals surface area contributed by atoms with E-state index in [1.54, 1.807) is 0 Å². The van der Waals surface area contributed by atoms with Gasteiger partial charge in [0.05, 0.1) is 0 Å². The van der Waals surface area contributed by atoms with Crippen molar-refractivity contribution >= 4 is 15.9 Å². The summed E-state index contributed by atoms with van der Waals surface area (Å²) < 4.78 is 1.24. The van der Waals surface area contributed by atoms with Crippen LogP contribution < -0.4 is 5.32 Å². The third-order valence-electron chi connectivity index (χ3n) is 1.31. The van der Waals surface area contributed by atoms with Crippen LogP contribution in [0.4, 0.5) is 0 Å². The maximum absolute atomic E-state index is 3.43. The van der Waals surface area contributed by atoms with Crippen molar-refractivity contribution in [2.24, 2.45) is 0 Å². The predicted octanol–water partition coefficient (Wildman–Crippen LogP) is 2.67. The first-order valence-electron chi connectivity index (χ1n) is 3.82. The Morgan fingerprint density at radius 3 is 2.80 bits per heavy atom. The standard InChI is InChI=1S/C8H16BrN/c1-3-5-6-10-7-8(9)4-2/h4,10H,3,5-7H2,1-2H3/b8-4-. The van der Waals surface area contributed by atoms with Gasteiger partial charge in [-0.2, -0.15) is 0 Å². The van der Waals surface area contributed by atoms with E-state index < -0.39 is 0 Å². The second kappa shape index (κ2) is 7.29. The first-order chi connectivity index (χ1) is 4.81. The summed E-state index contributed by atoms with van der Waals surface area (Å²) in [7, 11) is 0. The minimum absolute atomic E-state index is 0.969. The molecule has 0 heterocycles. The molecule has 0 aliphatic rings. The average Bonchev–Trinajstić information content (AvgIpc) is 1.98. The molecule has 0 saturated carbocycles. The quantitative estimate of drug-likeness (QED) is 0.682. The van der Waals surface area contributed by atoms with E-state index in [4.69, 9.17) is 0 Å². The molecular formula is C8H16BrN. The van der Waals surface area contributed by atoms with Gasteiger partial charge in [0.2, 0.25) is 0 Å². The number of allylic oxidation sites excluding steroid dienone is 1. The predicted molar refractivity (Wildman–Crippen MR) is 50.5 cm³/mol. The Morgan fingerprint density at radius 2 is 2.30 bits per heavy atom. The van der Waals surface area contributed by atoms with Crippen molar-refractivity contribution < 1.29 is 0 Å². The van der Waals surface area contributed by atoms with Crippen molar-refractivity contribution in [3.05, 3.63) is 10.6 Å². The molecule has 60 valence electrons. The van der Waals surface area contributed by atoms with Crippen LogP contribution in [0.3, 0.4) is 0 Å². The fourth-order valence-electron chi connectivity index (χ4n) is 0.612. The van der Waals surface area contributed by atoms with E-state index in [0.717, 1.165) is 13.1 Å². The maximum atomic E-state index is 3.43. The molecule has 0 unspecified atom stereocenters. The highest BCUT2D eigenvalue weighted by molar-refractivity contribution is 9.11. The van der Waals surface area contributed by atoms with E-state index in [1.165, 1.54) is 17.3 Å². The lowest BCUT2D eigenvalue weighted by Gasteiger charge is -2.00. The lowest BCUT2D eigenvalue weighted by atomic mass is 10.3.